The molecule has 3 nitrogen and oxygen atoms in total. The van der Waals surface area contributed by atoms with E-state index in [2.05, 4.69) is 25.9 Å². The Kier molecular flexibility index (Phi) is 3.36. The van der Waals surface area contributed by atoms with E-state index in [9.17, 15) is 0 Å². The lowest BCUT2D eigenvalue weighted by atomic mass is 10.1. The fraction of sp³-hybridized carbons (Fsp3) is 0.636. The molecule has 1 aliphatic carbocycles. The molecule has 0 unspecified atom stereocenters. The number of nitrogens with two attached hydrogens (primary N) is 1. The van der Waals surface area contributed by atoms with E-state index in [1.54, 1.807) is 0 Å². The summed E-state index contributed by atoms with van der Waals surface area (Å²) in [6.45, 7) is 2.02. The predicted octanol–water partition coefficient (Wildman–Crippen LogP) is 2.40. The first-order valence-electron chi connectivity index (χ1n) is 5.43. The van der Waals surface area contributed by atoms with Gasteiger partial charge in [-0.05, 0) is 48.5 Å². The summed E-state index contributed by atoms with van der Waals surface area (Å²) in [6, 6.07) is 0.233. The number of aryl methyl sites for hydroxylation is 1. The molecule has 4 heteroatoms. The Morgan fingerprint density at radius 2 is 2.33 bits per heavy atom. The third-order valence-electron chi connectivity index (χ3n) is 2.61. The molecule has 0 spiro atoms. The minimum Gasteiger partial charge on any atom is -0.328 e. The first kappa shape index (κ1) is 11.0. The first-order valence-corrected chi connectivity index (χ1v) is 6.23. The third kappa shape index (κ3) is 2.98. The minimum absolute atomic E-state index is 0.233. The molecule has 2 rings (SSSR count). The standard InChI is InChI=1S/C11H16BrN3/c1-7(13)2-5-10-9(12)6-14-11(15-10)8-3-4-8/h6-8H,2-5,13H2,1H3/t7-/m0/s1. The van der Waals surface area contributed by atoms with E-state index in [1.165, 1.54) is 12.8 Å². The molecule has 0 radical (unpaired) electrons. The molecule has 1 atom stereocenters. The van der Waals surface area contributed by atoms with Crippen molar-refractivity contribution in [2.45, 2.75) is 44.6 Å². The number of aromatic nitrogens is 2. The van der Waals surface area contributed by atoms with Crippen molar-refractivity contribution < 1.29 is 0 Å². The first-order chi connectivity index (χ1) is 7.16. The van der Waals surface area contributed by atoms with Crippen molar-refractivity contribution in [2.24, 2.45) is 5.73 Å². The second-order valence-electron chi connectivity index (χ2n) is 4.31. The normalized spacial score (nSPS) is 17.8. The number of nitrogens with zero attached hydrogens (tertiary/aromatic N) is 2. The second-order valence-corrected chi connectivity index (χ2v) is 5.17. The quantitative estimate of drug-likeness (QED) is 0.914. The van der Waals surface area contributed by atoms with Gasteiger partial charge in [-0.3, -0.25) is 0 Å². The van der Waals surface area contributed by atoms with Gasteiger partial charge in [0.25, 0.3) is 0 Å². The van der Waals surface area contributed by atoms with Crippen LogP contribution in [0.4, 0.5) is 0 Å². The van der Waals surface area contributed by atoms with Crippen LogP contribution >= 0.6 is 15.9 Å². The summed E-state index contributed by atoms with van der Waals surface area (Å²) in [7, 11) is 0. The predicted molar refractivity (Wildman–Crippen MR) is 63.7 cm³/mol. The lowest BCUT2D eigenvalue weighted by Crippen LogP contribution is -2.16. The molecule has 0 aliphatic heterocycles. The molecule has 1 aromatic heterocycles. The molecular weight excluding hydrogens is 254 g/mol. The summed E-state index contributed by atoms with van der Waals surface area (Å²) in [6.07, 6.45) is 6.26. The highest BCUT2D eigenvalue weighted by atomic mass is 79.9. The van der Waals surface area contributed by atoms with Crippen molar-refractivity contribution in [3.05, 3.63) is 22.2 Å². The Bertz CT molecular complexity index is 348. The van der Waals surface area contributed by atoms with Crippen molar-refractivity contribution in [1.29, 1.82) is 0 Å². The number of hydrogen-bond donors (Lipinski definition) is 1. The van der Waals surface area contributed by atoms with Gasteiger partial charge < -0.3 is 5.73 Å². The molecule has 2 N–H and O–H groups in total. The summed E-state index contributed by atoms with van der Waals surface area (Å²) in [5.41, 5.74) is 6.84. The van der Waals surface area contributed by atoms with Gasteiger partial charge in [0.05, 0.1) is 10.2 Å². The molecule has 1 saturated carbocycles. The van der Waals surface area contributed by atoms with Crippen molar-refractivity contribution in [2.75, 3.05) is 0 Å². The van der Waals surface area contributed by atoms with Crippen molar-refractivity contribution in [1.82, 2.24) is 9.97 Å². The zero-order valence-electron chi connectivity index (χ0n) is 8.91. The number of rotatable bonds is 4. The van der Waals surface area contributed by atoms with Crippen molar-refractivity contribution >= 4 is 15.9 Å². The summed E-state index contributed by atoms with van der Waals surface area (Å²) >= 11 is 3.48. The summed E-state index contributed by atoms with van der Waals surface area (Å²) in [5.74, 6) is 1.63. The smallest absolute Gasteiger partial charge is 0.131 e. The Morgan fingerprint density at radius 3 is 2.93 bits per heavy atom. The van der Waals surface area contributed by atoms with E-state index >= 15 is 0 Å². The Labute approximate surface area is 98.6 Å². The van der Waals surface area contributed by atoms with Crippen LogP contribution in [0, 0.1) is 0 Å². The Balaban J connectivity index is 2.09. The molecule has 1 aromatic rings. The monoisotopic (exact) mass is 269 g/mol. The average Bonchev–Trinajstić information content (AvgIpc) is 3.00. The van der Waals surface area contributed by atoms with Gasteiger partial charge in [-0.25, -0.2) is 9.97 Å². The van der Waals surface area contributed by atoms with Gasteiger partial charge in [-0.2, -0.15) is 0 Å². The average molecular weight is 270 g/mol. The second kappa shape index (κ2) is 4.58. The Hall–Kier alpha value is -0.480. The molecule has 1 heterocycles. The number of hydrogen-bond acceptors (Lipinski definition) is 3. The van der Waals surface area contributed by atoms with E-state index in [4.69, 9.17) is 5.73 Å². The van der Waals surface area contributed by atoms with Gasteiger partial charge in [0.2, 0.25) is 0 Å². The van der Waals surface area contributed by atoms with E-state index in [0.29, 0.717) is 5.92 Å². The molecule has 1 fully saturated rings. The highest BCUT2D eigenvalue weighted by Crippen LogP contribution is 2.38. The van der Waals surface area contributed by atoms with Crippen LogP contribution in [-0.2, 0) is 6.42 Å². The molecule has 0 saturated heterocycles. The van der Waals surface area contributed by atoms with Crippen LogP contribution in [0.5, 0.6) is 0 Å². The van der Waals surface area contributed by atoms with E-state index in [-0.39, 0.29) is 6.04 Å². The highest BCUT2D eigenvalue weighted by Gasteiger charge is 2.26. The van der Waals surface area contributed by atoms with Gasteiger partial charge in [-0.1, -0.05) is 0 Å². The van der Waals surface area contributed by atoms with Gasteiger partial charge in [-0.15, -0.1) is 0 Å². The van der Waals surface area contributed by atoms with Gasteiger partial charge in [0, 0.05) is 18.2 Å². The molecule has 0 aromatic carbocycles. The lowest BCUT2D eigenvalue weighted by molar-refractivity contribution is 0.652. The molecule has 82 valence electrons. The fourth-order valence-corrected chi connectivity index (χ4v) is 1.89. The van der Waals surface area contributed by atoms with Gasteiger partial charge in [0.15, 0.2) is 0 Å². The van der Waals surface area contributed by atoms with Crippen molar-refractivity contribution in [3.63, 3.8) is 0 Å². The molecule has 0 amide bonds. The SMILES string of the molecule is C[C@H](N)CCc1nc(C2CC2)ncc1Br. The summed E-state index contributed by atoms with van der Waals surface area (Å²) in [4.78, 5) is 8.93. The maximum atomic E-state index is 5.74. The van der Waals surface area contributed by atoms with Crippen LogP contribution in [0.25, 0.3) is 0 Å². The van der Waals surface area contributed by atoms with E-state index in [0.717, 1.165) is 28.8 Å². The van der Waals surface area contributed by atoms with Crippen LogP contribution in [0.2, 0.25) is 0 Å². The molecule has 15 heavy (non-hydrogen) atoms. The van der Waals surface area contributed by atoms with Crippen LogP contribution in [-0.4, -0.2) is 16.0 Å². The van der Waals surface area contributed by atoms with Gasteiger partial charge in [0.1, 0.15) is 5.82 Å². The highest BCUT2D eigenvalue weighted by molar-refractivity contribution is 9.10. The van der Waals surface area contributed by atoms with Gasteiger partial charge >= 0.3 is 0 Å². The molecule has 1 aliphatic rings. The zero-order valence-corrected chi connectivity index (χ0v) is 10.5. The third-order valence-corrected chi connectivity index (χ3v) is 3.28. The van der Waals surface area contributed by atoms with Crippen LogP contribution < -0.4 is 5.73 Å². The fourth-order valence-electron chi connectivity index (χ4n) is 1.50. The Morgan fingerprint density at radius 1 is 1.60 bits per heavy atom. The van der Waals surface area contributed by atoms with Crippen LogP contribution in [0.3, 0.4) is 0 Å². The van der Waals surface area contributed by atoms with Crippen molar-refractivity contribution in [3.8, 4) is 0 Å². The van der Waals surface area contributed by atoms with Crippen LogP contribution in [0.15, 0.2) is 10.7 Å². The summed E-state index contributed by atoms with van der Waals surface area (Å²) < 4.78 is 1.01. The topological polar surface area (TPSA) is 51.8 Å². The maximum absolute atomic E-state index is 5.74. The van der Waals surface area contributed by atoms with E-state index in [1.807, 2.05) is 13.1 Å². The molecule has 0 bridgehead atoms. The van der Waals surface area contributed by atoms with Crippen LogP contribution in [0.1, 0.15) is 43.6 Å². The minimum atomic E-state index is 0.233. The largest absolute Gasteiger partial charge is 0.328 e. The lowest BCUT2D eigenvalue weighted by Gasteiger charge is -2.07. The molecular formula is C11H16BrN3. The zero-order chi connectivity index (χ0) is 10.8. The number of halogens is 1. The maximum Gasteiger partial charge on any atom is 0.131 e. The summed E-state index contributed by atoms with van der Waals surface area (Å²) in [5, 5.41) is 0. The van der Waals surface area contributed by atoms with E-state index < -0.39 is 0 Å².